The Kier molecular flexibility index (Phi) is 5.62. The Bertz CT molecular complexity index is 1050. The van der Waals surface area contributed by atoms with Gasteiger partial charge in [-0.1, -0.05) is 17.3 Å². The number of aryl methyl sites for hydroxylation is 1. The van der Waals surface area contributed by atoms with Crippen LogP contribution in [-0.2, 0) is 14.4 Å². The lowest BCUT2D eigenvalue weighted by Crippen LogP contribution is -2.38. The predicted molar refractivity (Wildman–Crippen MR) is 108 cm³/mol. The number of hydrogen-bond donors (Lipinski definition) is 0. The van der Waals surface area contributed by atoms with E-state index >= 15 is 0 Å². The lowest BCUT2D eigenvalue weighted by Gasteiger charge is -2.38. The maximum atomic E-state index is 12.5. The van der Waals surface area contributed by atoms with Crippen LogP contribution in [0.2, 0.25) is 0 Å². The lowest BCUT2D eigenvalue weighted by atomic mass is 9.98. The maximum absolute atomic E-state index is 12.5. The second-order valence-electron chi connectivity index (χ2n) is 7.57. The molecule has 5 rings (SSSR count). The Hall–Kier alpha value is -3.43. The molecule has 170 valence electrons. The van der Waals surface area contributed by atoms with Crippen LogP contribution in [0.5, 0.6) is 11.5 Å². The fourth-order valence-electron chi connectivity index (χ4n) is 3.81. The zero-order valence-corrected chi connectivity index (χ0v) is 17.6. The number of carbonyl (C=O) groups excluding carboxylic acids is 1. The summed E-state index contributed by atoms with van der Waals surface area (Å²) in [5.41, 5.74) is 2.69. The predicted octanol–water partition coefficient (Wildman–Crippen LogP) is 4.68. The number of carbonyl (C=O) groups is 1. The molecule has 0 saturated heterocycles. The standard InChI is InChI=1S/C22H21F3N2O5/c1-12-10-15-11-17(18(26-30-3)21(28)29-2)20(12)32-27(15)19(13-4-5-13)14-6-8-16(9-7-14)31-22(23,24)25/h6-11,13,19H,4-5H2,1-3H3. The molecule has 0 radical (unpaired) electrons. The number of benzene rings is 2. The number of esters is 1. The normalized spacial score (nSPS) is 16.4. The number of fused-ring (bicyclic) bond motifs is 3. The first-order valence-corrected chi connectivity index (χ1v) is 9.89. The zero-order valence-electron chi connectivity index (χ0n) is 17.6. The highest BCUT2D eigenvalue weighted by atomic mass is 19.4. The molecule has 1 fully saturated rings. The molecule has 1 atom stereocenters. The highest BCUT2D eigenvalue weighted by molar-refractivity contribution is 6.44. The summed E-state index contributed by atoms with van der Waals surface area (Å²) in [4.78, 5) is 23.2. The van der Waals surface area contributed by atoms with Crippen molar-refractivity contribution < 1.29 is 37.1 Å². The molecule has 32 heavy (non-hydrogen) atoms. The molecular weight excluding hydrogens is 429 g/mol. The summed E-state index contributed by atoms with van der Waals surface area (Å²) in [6.45, 7) is 1.84. The number of rotatable bonds is 7. The molecule has 1 saturated carbocycles. The minimum atomic E-state index is -4.75. The summed E-state index contributed by atoms with van der Waals surface area (Å²) in [6.07, 6.45) is -2.82. The van der Waals surface area contributed by atoms with Crippen molar-refractivity contribution in [1.82, 2.24) is 0 Å². The van der Waals surface area contributed by atoms with E-state index in [0.717, 1.165) is 24.0 Å². The van der Waals surface area contributed by atoms with E-state index in [4.69, 9.17) is 14.4 Å². The van der Waals surface area contributed by atoms with Crippen LogP contribution in [0.3, 0.4) is 0 Å². The number of nitrogens with zero attached hydrogens (tertiary/aromatic N) is 2. The molecular formula is C22H21F3N2O5. The zero-order chi connectivity index (χ0) is 23.0. The third kappa shape index (κ3) is 4.30. The van der Waals surface area contributed by atoms with Gasteiger partial charge in [0.05, 0.1) is 24.4 Å². The van der Waals surface area contributed by atoms with E-state index in [0.29, 0.717) is 17.0 Å². The molecule has 2 aliphatic heterocycles. The molecule has 0 spiro atoms. The van der Waals surface area contributed by atoms with Crippen molar-refractivity contribution in [2.24, 2.45) is 11.1 Å². The van der Waals surface area contributed by atoms with Gasteiger partial charge < -0.3 is 19.1 Å². The number of ether oxygens (including phenoxy) is 2. The topological polar surface area (TPSA) is 69.6 Å². The summed E-state index contributed by atoms with van der Waals surface area (Å²) >= 11 is 0. The van der Waals surface area contributed by atoms with Gasteiger partial charge in [-0.2, -0.15) is 0 Å². The van der Waals surface area contributed by atoms with Gasteiger partial charge in [-0.15, -0.1) is 13.2 Å². The highest BCUT2D eigenvalue weighted by Crippen LogP contribution is 2.49. The second-order valence-corrected chi connectivity index (χ2v) is 7.57. The average Bonchev–Trinajstić information content (AvgIpc) is 3.57. The van der Waals surface area contributed by atoms with Crippen LogP contribution >= 0.6 is 0 Å². The number of hydroxylamine groups is 1. The number of anilines is 1. The minimum Gasteiger partial charge on any atom is -0.464 e. The summed E-state index contributed by atoms with van der Waals surface area (Å²) in [5, 5.41) is 5.52. The number of oxime groups is 1. The fraction of sp³-hybridized carbons (Fsp3) is 0.364. The highest BCUT2D eigenvalue weighted by Gasteiger charge is 2.41. The Morgan fingerprint density at radius 3 is 2.41 bits per heavy atom. The molecule has 2 bridgehead atoms. The number of hydrogen-bond acceptors (Lipinski definition) is 7. The molecule has 3 aliphatic rings. The monoisotopic (exact) mass is 450 g/mol. The van der Waals surface area contributed by atoms with Crippen molar-refractivity contribution in [1.29, 1.82) is 0 Å². The molecule has 10 heteroatoms. The van der Waals surface area contributed by atoms with Crippen LogP contribution in [0.25, 0.3) is 0 Å². The molecule has 7 nitrogen and oxygen atoms in total. The Labute approximate surface area is 182 Å². The second kappa shape index (κ2) is 8.25. The third-order valence-electron chi connectivity index (χ3n) is 5.30. The van der Waals surface area contributed by atoms with Gasteiger partial charge in [0.15, 0.2) is 11.5 Å². The maximum Gasteiger partial charge on any atom is 0.573 e. The van der Waals surface area contributed by atoms with E-state index in [1.54, 1.807) is 23.3 Å². The van der Waals surface area contributed by atoms with Crippen LogP contribution in [0.4, 0.5) is 18.9 Å². The Morgan fingerprint density at radius 1 is 1.19 bits per heavy atom. The number of halogens is 3. The van der Waals surface area contributed by atoms with Gasteiger partial charge in [-0.05, 0) is 61.1 Å². The molecule has 0 aromatic heterocycles. The van der Waals surface area contributed by atoms with E-state index in [-0.39, 0.29) is 23.4 Å². The Balaban J connectivity index is 1.67. The molecule has 2 aromatic rings. The molecule has 0 amide bonds. The molecule has 2 aromatic carbocycles. The van der Waals surface area contributed by atoms with Crippen LogP contribution < -0.4 is 14.6 Å². The van der Waals surface area contributed by atoms with Gasteiger partial charge in [0.1, 0.15) is 12.9 Å². The summed E-state index contributed by atoms with van der Waals surface area (Å²) in [7, 11) is 2.58. The summed E-state index contributed by atoms with van der Waals surface area (Å²) in [5.74, 6) is -0.241. The van der Waals surface area contributed by atoms with Gasteiger partial charge in [-0.3, -0.25) is 0 Å². The summed E-state index contributed by atoms with van der Waals surface area (Å²) in [6, 6.07) is 9.26. The van der Waals surface area contributed by atoms with Crippen molar-refractivity contribution in [2.75, 3.05) is 19.3 Å². The molecule has 1 aliphatic carbocycles. The quantitative estimate of drug-likeness (QED) is 0.347. The van der Waals surface area contributed by atoms with Crippen LogP contribution in [0, 0.1) is 12.8 Å². The van der Waals surface area contributed by atoms with Gasteiger partial charge in [0, 0.05) is 0 Å². The van der Waals surface area contributed by atoms with Gasteiger partial charge in [0.2, 0.25) is 0 Å². The van der Waals surface area contributed by atoms with Crippen molar-refractivity contribution in [3.8, 4) is 11.5 Å². The number of methoxy groups -OCH3 is 1. The first-order chi connectivity index (χ1) is 15.2. The first kappa shape index (κ1) is 21.8. The Morgan fingerprint density at radius 2 is 1.88 bits per heavy atom. The lowest BCUT2D eigenvalue weighted by molar-refractivity contribution is -0.274. The van der Waals surface area contributed by atoms with Crippen LogP contribution in [-0.4, -0.2) is 32.3 Å². The largest absolute Gasteiger partial charge is 0.573 e. The smallest absolute Gasteiger partial charge is 0.464 e. The van der Waals surface area contributed by atoms with E-state index in [1.807, 2.05) is 13.0 Å². The molecule has 2 heterocycles. The van der Waals surface area contributed by atoms with E-state index in [9.17, 15) is 18.0 Å². The van der Waals surface area contributed by atoms with Gasteiger partial charge in [0.25, 0.3) is 0 Å². The van der Waals surface area contributed by atoms with Gasteiger partial charge in [-0.25, -0.2) is 9.86 Å². The van der Waals surface area contributed by atoms with Crippen molar-refractivity contribution in [2.45, 2.75) is 32.2 Å². The fourth-order valence-corrected chi connectivity index (χ4v) is 3.81. The summed E-state index contributed by atoms with van der Waals surface area (Å²) < 4.78 is 46.2. The van der Waals surface area contributed by atoms with E-state index < -0.39 is 12.3 Å². The third-order valence-corrected chi connectivity index (χ3v) is 5.30. The molecule has 0 N–H and O–H groups in total. The average molecular weight is 450 g/mol. The first-order valence-electron chi connectivity index (χ1n) is 9.89. The van der Waals surface area contributed by atoms with E-state index in [2.05, 4.69) is 9.89 Å². The van der Waals surface area contributed by atoms with E-state index in [1.165, 1.54) is 26.4 Å². The van der Waals surface area contributed by atoms with Crippen molar-refractivity contribution in [3.63, 3.8) is 0 Å². The van der Waals surface area contributed by atoms with Crippen LogP contribution in [0.15, 0.2) is 41.6 Å². The van der Waals surface area contributed by atoms with Gasteiger partial charge >= 0.3 is 12.3 Å². The molecule has 1 unspecified atom stereocenters. The SMILES string of the molecule is CON=C(C(=O)OC)c1cc2cc(C)c1ON2C(c1ccc(OC(F)(F)F)cc1)C1CC1. The van der Waals surface area contributed by atoms with Crippen LogP contribution in [0.1, 0.15) is 35.6 Å². The number of alkyl halides is 3. The minimum absolute atomic E-state index is 0.0220. The van der Waals surface area contributed by atoms with Crippen molar-refractivity contribution >= 4 is 17.4 Å². The van der Waals surface area contributed by atoms with Crippen molar-refractivity contribution in [3.05, 3.63) is 53.1 Å².